The lowest BCUT2D eigenvalue weighted by molar-refractivity contribution is 0.601. The van der Waals surface area contributed by atoms with Gasteiger partial charge in [0.1, 0.15) is 0 Å². The third-order valence-electron chi connectivity index (χ3n) is 2.63. The molecule has 2 N–H and O–H groups in total. The molecule has 0 bridgehead atoms. The molecule has 0 saturated carbocycles. The van der Waals surface area contributed by atoms with Crippen LogP contribution in [0.3, 0.4) is 0 Å². The number of para-hydroxylation sites is 2. The van der Waals surface area contributed by atoms with Gasteiger partial charge in [0.2, 0.25) is 0 Å². The molecular weight excluding hydrogens is 222 g/mol. The van der Waals surface area contributed by atoms with Crippen molar-refractivity contribution >= 4 is 23.4 Å². The van der Waals surface area contributed by atoms with E-state index in [0.29, 0.717) is 0 Å². The van der Waals surface area contributed by atoms with Crippen molar-refractivity contribution < 1.29 is 0 Å². The van der Waals surface area contributed by atoms with E-state index in [1.807, 2.05) is 18.5 Å². The average Bonchev–Trinajstić information content (AvgIpc) is 2.68. The Kier molecular flexibility index (Phi) is 5.29. The fourth-order valence-electron chi connectivity index (χ4n) is 1.79. The molecule has 1 aromatic carbocycles. The maximum Gasteiger partial charge on any atom is 0.0958 e. The molecule has 0 aliphatic carbocycles. The first-order valence-corrected chi connectivity index (χ1v) is 5.52. The number of aromatic nitrogens is 2. The number of hydrogen-bond donors (Lipinski definition) is 1. The van der Waals surface area contributed by atoms with Crippen molar-refractivity contribution in [3.05, 3.63) is 30.6 Å². The number of imidazole rings is 1. The number of unbranched alkanes of at least 4 members (excludes halogenated alkanes) is 2. The third kappa shape index (κ3) is 2.97. The molecular formula is C12H18ClN3. The summed E-state index contributed by atoms with van der Waals surface area (Å²) in [6, 6.07) is 8.24. The van der Waals surface area contributed by atoms with Crippen LogP contribution in [0.25, 0.3) is 11.0 Å². The van der Waals surface area contributed by atoms with E-state index >= 15 is 0 Å². The van der Waals surface area contributed by atoms with Crippen LogP contribution in [0.15, 0.2) is 30.6 Å². The highest BCUT2D eigenvalue weighted by Gasteiger charge is 1.99. The fourth-order valence-corrected chi connectivity index (χ4v) is 1.79. The zero-order valence-electron chi connectivity index (χ0n) is 9.30. The third-order valence-corrected chi connectivity index (χ3v) is 2.63. The van der Waals surface area contributed by atoms with Crippen molar-refractivity contribution in [2.75, 3.05) is 6.54 Å². The molecule has 0 aliphatic rings. The lowest BCUT2D eigenvalue weighted by Gasteiger charge is -2.03. The lowest BCUT2D eigenvalue weighted by Crippen LogP contribution is -2.00. The number of rotatable bonds is 5. The van der Waals surface area contributed by atoms with E-state index in [-0.39, 0.29) is 12.4 Å². The lowest BCUT2D eigenvalue weighted by atomic mass is 10.2. The second-order valence-electron chi connectivity index (χ2n) is 3.78. The average molecular weight is 240 g/mol. The highest BCUT2D eigenvalue weighted by atomic mass is 35.5. The van der Waals surface area contributed by atoms with Crippen LogP contribution in [-0.2, 0) is 6.54 Å². The summed E-state index contributed by atoms with van der Waals surface area (Å²) in [5.74, 6) is 0. The SMILES string of the molecule is Cl.NCCCCCn1cnc2ccccc21. The number of benzene rings is 1. The summed E-state index contributed by atoms with van der Waals surface area (Å²) in [4.78, 5) is 4.36. The van der Waals surface area contributed by atoms with E-state index in [0.717, 1.165) is 25.0 Å². The summed E-state index contributed by atoms with van der Waals surface area (Å²) < 4.78 is 2.21. The molecule has 3 nitrogen and oxygen atoms in total. The summed E-state index contributed by atoms with van der Waals surface area (Å²) in [5.41, 5.74) is 7.77. The minimum absolute atomic E-state index is 0. The van der Waals surface area contributed by atoms with Crippen molar-refractivity contribution in [1.29, 1.82) is 0 Å². The van der Waals surface area contributed by atoms with Crippen molar-refractivity contribution in [1.82, 2.24) is 9.55 Å². The van der Waals surface area contributed by atoms with Gasteiger partial charge in [-0.2, -0.15) is 0 Å². The van der Waals surface area contributed by atoms with E-state index in [1.165, 1.54) is 18.4 Å². The Labute approximate surface area is 102 Å². The highest BCUT2D eigenvalue weighted by Crippen LogP contribution is 2.12. The number of nitrogens with two attached hydrogens (primary N) is 1. The summed E-state index contributed by atoms with van der Waals surface area (Å²) >= 11 is 0. The smallest absolute Gasteiger partial charge is 0.0958 e. The molecule has 2 rings (SSSR count). The van der Waals surface area contributed by atoms with E-state index in [2.05, 4.69) is 21.7 Å². The maximum absolute atomic E-state index is 5.46. The standard InChI is InChI=1S/C12H17N3.ClH/c13-8-4-1-5-9-15-10-14-11-6-2-3-7-12(11)15;/h2-3,6-7,10H,1,4-5,8-9,13H2;1H. The molecule has 0 spiro atoms. The van der Waals surface area contributed by atoms with Crippen LogP contribution < -0.4 is 5.73 Å². The Morgan fingerprint density at radius 3 is 2.75 bits per heavy atom. The van der Waals surface area contributed by atoms with Gasteiger partial charge in [0, 0.05) is 6.54 Å². The van der Waals surface area contributed by atoms with Crippen LogP contribution in [0.1, 0.15) is 19.3 Å². The Morgan fingerprint density at radius 2 is 1.94 bits per heavy atom. The molecule has 0 fully saturated rings. The predicted molar refractivity (Wildman–Crippen MR) is 69.9 cm³/mol. The molecule has 4 heteroatoms. The molecule has 0 unspecified atom stereocenters. The molecule has 0 radical (unpaired) electrons. The molecule has 0 saturated heterocycles. The fraction of sp³-hybridized carbons (Fsp3) is 0.417. The van der Waals surface area contributed by atoms with Crippen molar-refractivity contribution in [3.8, 4) is 0 Å². The van der Waals surface area contributed by atoms with Crippen LogP contribution in [-0.4, -0.2) is 16.1 Å². The highest BCUT2D eigenvalue weighted by molar-refractivity contribution is 5.85. The van der Waals surface area contributed by atoms with Crippen molar-refractivity contribution in [3.63, 3.8) is 0 Å². The largest absolute Gasteiger partial charge is 0.331 e. The van der Waals surface area contributed by atoms with Gasteiger partial charge in [-0.15, -0.1) is 12.4 Å². The Hall–Kier alpha value is -1.06. The van der Waals surface area contributed by atoms with Gasteiger partial charge in [0.25, 0.3) is 0 Å². The summed E-state index contributed by atoms with van der Waals surface area (Å²) in [6.07, 6.45) is 5.42. The molecule has 0 atom stereocenters. The molecule has 1 aromatic heterocycles. The normalized spacial score (nSPS) is 10.3. The van der Waals surface area contributed by atoms with Gasteiger partial charge in [0.05, 0.1) is 17.4 Å². The van der Waals surface area contributed by atoms with Gasteiger partial charge in [-0.05, 0) is 31.5 Å². The van der Waals surface area contributed by atoms with Gasteiger partial charge in [0.15, 0.2) is 0 Å². The second kappa shape index (κ2) is 6.51. The topological polar surface area (TPSA) is 43.8 Å². The van der Waals surface area contributed by atoms with Crippen molar-refractivity contribution in [2.24, 2.45) is 5.73 Å². The number of fused-ring (bicyclic) bond motifs is 1. The zero-order valence-corrected chi connectivity index (χ0v) is 10.1. The quantitative estimate of drug-likeness (QED) is 0.816. The van der Waals surface area contributed by atoms with Gasteiger partial charge in [-0.1, -0.05) is 18.6 Å². The van der Waals surface area contributed by atoms with E-state index in [4.69, 9.17) is 5.73 Å². The van der Waals surface area contributed by atoms with Crippen molar-refractivity contribution in [2.45, 2.75) is 25.8 Å². The Morgan fingerprint density at radius 1 is 1.12 bits per heavy atom. The molecule has 16 heavy (non-hydrogen) atoms. The second-order valence-corrected chi connectivity index (χ2v) is 3.78. The number of halogens is 1. The van der Waals surface area contributed by atoms with Gasteiger partial charge in [-0.25, -0.2) is 4.98 Å². The summed E-state index contributed by atoms with van der Waals surface area (Å²) in [6.45, 7) is 1.84. The summed E-state index contributed by atoms with van der Waals surface area (Å²) in [5, 5.41) is 0. The van der Waals surface area contributed by atoms with E-state index in [9.17, 15) is 0 Å². The van der Waals surface area contributed by atoms with Crippen LogP contribution in [0, 0.1) is 0 Å². The molecule has 2 aromatic rings. The van der Waals surface area contributed by atoms with Crippen LogP contribution in [0.5, 0.6) is 0 Å². The van der Waals surface area contributed by atoms with Crippen LogP contribution >= 0.6 is 12.4 Å². The first-order chi connectivity index (χ1) is 7.42. The zero-order chi connectivity index (χ0) is 10.5. The Balaban J connectivity index is 0.00000128. The first-order valence-electron chi connectivity index (χ1n) is 5.52. The number of aryl methyl sites for hydroxylation is 1. The monoisotopic (exact) mass is 239 g/mol. The predicted octanol–water partition coefficient (Wildman–Crippen LogP) is 2.59. The minimum Gasteiger partial charge on any atom is -0.331 e. The van der Waals surface area contributed by atoms with Crippen LogP contribution in [0.4, 0.5) is 0 Å². The first kappa shape index (κ1) is 13.0. The van der Waals surface area contributed by atoms with Crippen LogP contribution in [0.2, 0.25) is 0 Å². The minimum atomic E-state index is 0. The molecule has 1 heterocycles. The molecule has 0 aliphatic heterocycles. The Bertz CT molecular complexity index is 425. The number of hydrogen-bond acceptors (Lipinski definition) is 2. The van der Waals surface area contributed by atoms with Gasteiger partial charge in [-0.3, -0.25) is 0 Å². The maximum atomic E-state index is 5.46. The van der Waals surface area contributed by atoms with Gasteiger partial charge < -0.3 is 10.3 Å². The summed E-state index contributed by atoms with van der Waals surface area (Å²) in [7, 11) is 0. The van der Waals surface area contributed by atoms with Gasteiger partial charge >= 0.3 is 0 Å². The molecule has 88 valence electrons. The van der Waals surface area contributed by atoms with E-state index in [1.54, 1.807) is 0 Å². The molecule has 0 amide bonds. The number of nitrogens with zero attached hydrogens (tertiary/aromatic N) is 2. The van der Waals surface area contributed by atoms with E-state index < -0.39 is 0 Å².